The molecule has 142 valence electrons. The molecule has 0 unspecified atom stereocenters. The molecule has 5 heteroatoms. The summed E-state index contributed by atoms with van der Waals surface area (Å²) in [6, 6.07) is 15.3. The molecule has 0 radical (unpaired) electrons. The van der Waals surface area contributed by atoms with Gasteiger partial charge in [0.2, 0.25) is 0 Å². The molecular weight excluding hydrogens is 352 g/mol. The molecule has 3 aromatic rings. The molecule has 28 heavy (non-hydrogen) atoms. The number of hydrogen-bond donors (Lipinski definition) is 1. The number of benzene rings is 2. The highest BCUT2D eigenvalue weighted by molar-refractivity contribution is 6.06. The van der Waals surface area contributed by atoms with Crippen molar-refractivity contribution in [1.82, 2.24) is 9.88 Å². The first-order chi connectivity index (χ1) is 13.6. The number of aromatic carboxylic acids is 1. The summed E-state index contributed by atoms with van der Waals surface area (Å²) in [5, 5.41) is 10.6. The van der Waals surface area contributed by atoms with Crippen molar-refractivity contribution in [2.24, 2.45) is 0 Å². The number of nitrogens with zero attached hydrogens (tertiary/aromatic N) is 2. The second-order valence-corrected chi connectivity index (χ2v) is 6.89. The normalized spacial score (nSPS) is 15.6. The van der Waals surface area contributed by atoms with Crippen LogP contribution in [0.5, 0.6) is 5.75 Å². The van der Waals surface area contributed by atoms with E-state index in [1.807, 2.05) is 48.5 Å². The fraction of sp³-hybridized carbons (Fsp3) is 0.217. The van der Waals surface area contributed by atoms with E-state index in [0.717, 1.165) is 41.2 Å². The van der Waals surface area contributed by atoms with E-state index in [9.17, 15) is 9.90 Å². The fourth-order valence-electron chi connectivity index (χ4n) is 3.78. The molecule has 0 saturated heterocycles. The van der Waals surface area contributed by atoms with E-state index in [4.69, 9.17) is 9.72 Å². The summed E-state index contributed by atoms with van der Waals surface area (Å²) in [5.74, 6) is -0.121. The number of carbonyl (C=O) groups is 1. The second-order valence-electron chi connectivity index (χ2n) is 6.89. The number of ether oxygens (including phenoxy) is 1. The fourth-order valence-corrected chi connectivity index (χ4v) is 3.78. The maximum atomic E-state index is 12.1. The van der Waals surface area contributed by atoms with Crippen LogP contribution in [0.4, 0.5) is 0 Å². The van der Waals surface area contributed by atoms with Gasteiger partial charge in [-0.2, -0.15) is 0 Å². The Kier molecular flexibility index (Phi) is 4.84. The number of pyridine rings is 1. The quantitative estimate of drug-likeness (QED) is 0.737. The third-order valence-corrected chi connectivity index (χ3v) is 5.17. The van der Waals surface area contributed by atoms with Gasteiger partial charge in [0.15, 0.2) is 0 Å². The molecule has 1 aliphatic heterocycles. The summed E-state index contributed by atoms with van der Waals surface area (Å²) < 4.78 is 5.33. The van der Waals surface area contributed by atoms with Gasteiger partial charge in [-0.25, -0.2) is 9.78 Å². The molecule has 2 aromatic carbocycles. The van der Waals surface area contributed by atoms with E-state index in [2.05, 4.69) is 17.9 Å². The zero-order valence-electron chi connectivity index (χ0n) is 16.0. The first-order valence-electron chi connectivity index (χ1n) is 9.33. The van der Waals surface area contributed by atoms with E-state index in [0.29, 0.717) is 23.0 Å². The van der Waals surface area contributed by atoms with Crippen LogP contribution in [-0.2, 0) is 6.54 Å². The van der Waals surface area contributed by atoms with Crippen LogP contribution in [0.3, 0.4) is 0 Å². The third-order valence-electron chi connectivity index (χ3n) is 5.17. The molecule has 0 bridgehead atoms. The topological polar surface area (TPSA) is 62.7 Å². The summed E-state index contributed by atoms with van der Waals surface area (Å²) in [6.07, 6.45) is 2.08. The molecule has 5 nitrogen and oxygen atoms in total. The van der Waals surface area contributed by atoms with E-state index < -0.39 is 5.97 Å². The standard InChI is InChI=1S/C23H22N2O3/c1-3-25-13-16(11-15-7-6-8-17(12-15)28-2)22-19(14-25)21(23(26)27)18-9-4-5-10-20(18)24-22/h4-12H,3,13-14H2,1-2H3,(H,26,27). The number of aromatic nitrogens is 1. The number of hydrogen-bond acceptors (Lipinski definition) is 4. The largest absolute Gasteiger partial charge is 0.497 e. The summed E-state index contributed by atoms with van der Waals surface area (Å²) in [6.45, 7) is 4.23. The number of para-hydroxylation sites is 1. The van der Waals surface area contributed by atoms with Gasteiger partial charge in [0.1, 0.15) is 5.75 Å². The predicted molar refractivity (Wildman–Crippen MR) is 111 cm³/mol. The SMILES string of the molecule is CCN1CC(=Cc2cccc(OC)c2)c2nc3ccccc3c(C(=O)O)c2C1. The molecule has 4 rings (SSSR count). The minimum atomic E-state index is -0.909. The van der Waals surface area contributed by atoms with Gasteiger partial charge in [0, 0.05) is 24.0 Å². The highest BCUT2D eigenvalue weighted by Gasteiger charge is 2.27. The van der Waals surface area contributed by atoms with E-state index in [1.165, 1.54) is 0 Å². The molecule has 0 amide bonds. The highest BCUT2D eigenvalue weighted by Crippen LogP contribution is 2.34. The van der Waals surface area contributed by atoms with Crippen LogP contribution in [0.2, 0.25) is 0 Å². The van der Waals surface area contributed by atoms with Gasteiger partial charge >= 0.3 is 5.97 Å². The van der Waals surface area contributed by atoms with Gasteiger partial charge < -0.3 is 9.84 Å². The summed E-state index contributed by atoms with van der Waals surface area (Å²) >= 11 is 0. The van der Waals surface area contributed by atoms with Crippen molar-refractivity contribution in [2.75, 3.05) is 20.2 Å². The van der Waals surface area contributed by atoms with Crippen molar-refractivity contribution >= 4 is 28.5 Å². The Balaban J connectivity index is 1.96. The van der Waals surface area contributed by atoms with Crippen molar-refractivity contribution in [2.45, 2.75) is 13.5 Å². The summed E-state index contributed by atoms with van der Waals surface area (Å²) in [7, 11) is 1.65. The monoisotopic (exact) mass is 374 g/mol. The van der Waals surface area contributed by atoms with Crippen LogP contribution in [0.15, 0.2) is 48.5 Å². The minimum absolute atomic E-state index is 0.357. The average molecular weight is 374 g/mol. The Morgan fingerprint density at radius 3 is 2.79 bits per heavy atom. The molecule has 1 aromatic heterocycles. The van der Waals surface area contributed by atoms with Crippen molar-refractivity contribution in [1.29, 1.82) is 0 Å². The lowest BCUT2D eigenvalue weighted by atomic mass is 9.92. The lowest BCUT2D eigenvalue weighted by molar-refractivity contribution is 0.0696. The first kappa shape index (κ1) is 18.2. The summed E-state index contributed by atoms with van der Waals surface area (Å²) in [4.78, 5) is 19.2. The number of fused-ring (bicyclic) bond motifs is 2. The van der Waals surface area contributed by atoms with Crippen LogP contribution >= 0.6 is 0 Å². The number of rotatable bonds is 4. The zero-order valence-corrected chi connectivity index (χ0v) is 16.0. The van der Waals surface area contributed by atoms with Gasteiger partial charge in [-0.15, -0.1) is 0 Å². The molecule has 2 heterocycles. The van der Waals surface area contributed by atoms with E-state index in [-0.39, 0.29) is 0 Å². The van der Waals surface area contributed by atoms with Gasteiger partial charge in [-0.3, -0.25) is 4.90 Å². The van der Waals surface area contributed by atoms with Gasteiger partial charge in [0.05, 0.1) is 23.9 Å². The van der Waals surface area contributed by atoms with Crippen molar-refractivity contribution < 1.29 is 14.6 Å². The van der Waals surface area contributed by atoms with Crippen LogP contribution in [0.25, 0.3) is 22.6 Å². The Hall–Kier alpha value is -3.18. The molecule has 0 aliphatic carbocycles. The Morgan fingerprint density at radius 2 is 2.04 bits per heavy atom. The van der Waals surface area contributed by atoms with Crippen LogP contribution in [-0.4, -0.2) is 41.2 Å². The van der Waals surface area contributed by atoms with Crippen molar-refractivity contribution in [3.63, 3.8) is 0 Å². The van der Waals surface area contributed by atoms with Gasteiger partial charge in [0.25, 0.3) is 0 Å². The van der Waals surface area contributed by atoms with E-state index >= 15 is 0 Å². The molecule has 0 atom stereocenters. The van der Waals surface area contributed by atoms with Crippen molar-refractivity contribution in [3.05, 3.63) is 70.9 Å². The Labute approximate surface area is 163 Å². The van der Waals surface area contributed by atoms with Crippen LogP contribution in [0.1, 0.15) is 34.1 Å². The maximum absolute atomic E-state index is 12.1. The predicted octanol–water partition coefficient (Wildman–Crippen LogP) is 4.32. The van der Waals surface area contributed by atoms with Crippen LogP contribution in [0, 0.1) is 0 Å². The number of likely N-dealkylation sites (N-methyl/N-ethyl adjacent to an activating group) is 1. The molecule has 1 N–H and O–H groups in total. The second kappa shape index (κ2) is 7.44. The molecular formula is C23H22N2O3. The highest BCUT2D eigenvalue weighted by atomic mass is 16.5. The minimum Gasteiger partial charge on any atom is -0.497 e. The number of methoxy groups -OCH3 is 1. The lowest BCUT2D eigenvalue weighted by Gasteiger charge is -2.30. The van der Waals surface area contributed by atoms with Gasteiger partial charge in [-0.05, 0) is 42.0 Å². The third kappa shape index (κ3) is 3.25. The van der Waals surface area contributed by atoms with Gasteiger partial charge in [-0.1, -0.05) is 37.3 Å². The molecule has 0 saturated carbocycles. The first-order valence-corrected chi connectivity index (χ1v) is 9.33. The molecule has 1 aliphatic rings. The Bertz CT molecular complexity index is 1090. The lowest BCUT2D eigenvalue weighted by Crippen LogP contribution is -2.31. The number of carboxylic acids is 1. The molecule has 0 spiro atoms. The van der Waals surface area contributed by atoms with E-state index in [1.54, 1.807) is 7.11 Å². The maximum Gasteiger partial charge on any atom is 0.336 e. The smallest absolute Gasteiger partial charge is 0.336 e. The Morgan fingerprint density at radius 1 is 1.21 bits per heavy atom. The summed E-state index contributed by atoms with van der Waals surface area (Å²) in [5.41, 5.74) is 4.65. The number of carboxylic acid groups (broad SMARTS) is 1. The average Bonchev–Trinajstić information content (AvgIpc) is 2.72. The van der Waals surface area contributed by atoms with Crippen LogP contribution < -0.4 is 4.74 Å². The zero-order chi connectivity index (χ0) is 19.7. The molecule has 0 fully saturated rings. The van der Waals surface area contributed by atoms with Crippen molar-refractivity contribution in [3.8, 4) is 5.75 Å².